The Balaban J connectivity index is 1.49. The van der Waals surface area contributed by atoms with Crippen LogP contribution in [0.25, 0.3) is 0 Å². The number of carbonyl (C=O) groups is 1. The molecule has 0 radical (unpaired) electrons. The summed E-state index contributed by atoms with van der Waals surface area (Å²) >= 11 is 0. The van der Waals surface area contributed by atoms with Crippen LogP contribution in [0.5, 0.6) is 0 Å². The van der Waals surface area contributed by atoms with Crippen LogP contribution in [0.1, 0.15) is 49.5 Å². The molecule has 3 N–H and O–H groups in total. The summed E-state index contributed by atoms with van der Waals surface area (Å²) in [5.74, 6) is 0.937. The van der Waals surface area contributed by atoms with Crippen molar-refractivity contribution in [3.63, 3.8) is 0 Å². The Labute approximate surface area is 140 Å². The molecule has 1 aliphatic carbocycles. The van der Waals surface area contributed by atoms with Crippen molar-refractivity contribution < 1.29 is 14.4 Å². The zero-order chi connectivity index (χ0) is 17.0. The minimum Gasteiger partial charge on any atom is -0.388 e. The zero-order valence-electron chi connectivity index (χ0n) is 13.7. The van der Waals surface area contributed by atoms with Gasteiger partial charge in [-0.3, -0.25) is 0 Å². The lowest BCUT2D eigenvalue weighted by molar-refractivity contribution is -0.0290. The topological polar surface area (TPSA) is 100 Å². The molecule has 2 amide bonds. The lowest BCUT2D eigenvalue weighted by atomic mass is 9.80. The number of hydrogen-bond acceptors (Lipinski definition) is 5. The fourth-order valence-electron chi connectivity index (χ4n) is 2.60. The van der Waals surface area contributed by atoms with Gasteiger partial charge >= 0.3 is 6.03 Å². The molecule has 1 saturated carbocycles. The molecule has 1 aliphatic rings. The van der Waals surface area contributed by atoms with E-state index in [1.165, 1.54) is 0 Å². The Bertz CT molecular complexity index is 682. The van der Waals surface area contributed by atoms with E-state index in [4.69, 9.17) is 4.52 Å². The average molecular weight is 330 g/mol. The molecule has 24 heavy (non-hydrogen) atoms. The highest BCUT2D eigenvalue weighted by atomic mass is 16.5. The number of benzene rings is 1. The first kappa shape index (κ1) is 16.4. The standard InChI is InChI=1S/C17H22N4O3/c1-12(19-16(22)18-11-17(23)8-5-9-17)15-20-14(24-21-15)10-13-6-3-2-4-7-13/h2-4,6-7,12,23H,5,8-11H2,1H3,(H2,18,19,22). The van der Waals surface area contributed by atoms with Gasteiger partial charge in [-0.15, -0.1) is 0 Å². The number of aliphatic hydroxyl groups is 1. The van der Waals surface area contributed by atoms with Gasteiger partial charge in [0, 0.05) is 6.54 Å². The van der Waals surface area contributed by atoms with Gasteiger partial charge in [0.15, 0.2) is 5.82 Å². The van der Waals surface area contributed by atoms with Gasteiger partial charge in [-0.25, -0.2) is 4.79 Å². The van der Waals surface area contributed by atoms with Crippen LogP contribution >= 0.6 is 0 Å². The van der Waals surface area contributed by atoms with E-state index < -0.39 is 5.60 Å². The van der Waals surface area contributed by atoms with Crippen LogP contribution < -0.4 is 10.6 Å². The molecule has 1 atom stereocenters. The summed E-state index contributed by atoms with van der Waals surface area (Å²) < 4.78 is 5.24. The second-order valence-electron chi connectivity index (χ2n) is 6.34. The molecular weight excluding hydrogens is 308 g/mol. The molecular formula is C17H22N4O3. The number of hydrogen-bond donors (Lipinski definition) is 3. The second-order valence-corrected chi connectivity index (χ2v) is 6.34. The van der Waals surface area contributed by atoms with Crippen LogP contribution in [0.2, 0.25) is 0 Å². The first-order valence-corrected chi connectivity index (χ1v) is 8.17. The van der Waals surface area contributed by atoms with Crippen molar-refractivity contribution in [2.45, 2.75) is 44.2 Å². The van der Waals surface area contributed by atoms with Gasteiger partial charge in [-0.05, 0) is 31.7 Å². The minimum absolute atomic E-state index is 0.261. The van der Waals surface area contributed by atoms with Gasteiger partial charge in [-0.1, -0.05) is 35.5 Å². The summed E-state index contributed by atoms with van der Waals surface area (Å²) in [6, 6.07) is 9.11. The van der Waals surface area contributed by atoms with Crippen molar-refractivity contribution in [1.82, 2.24) is 20.8 Å². The van der Waals surface area contributed by atoms with E-state index in [2.05, 4.69) is 20.8 Å². The van der Waals surface area contributed by atoms with Gasteiger partial charge in [0.25, 0.3) is 0 Å². The van der Waals surface area contributed by atoms with E-state index >= 15 is 0 Å². The molecule has 0 aliphatic heterocycles. The maximum atomic E-state index is 11.9. The highest BCUT2D eigenvalue weighted by Gasteiger charge is 2.34. The third-order valence-corrected chi connectivity index (χ3v) is 4.28. The zero-order valence-corrected chi connectivity index (χ0v) is 13.7. The molecule has 7 heteroatoms. The highest BCUT2D eigenvalue weighted by molar-refractivity contribution is 5.74. The van der Waals surface area contributed by atoms with E-state index in [9.17, 15) is 9.90 Å². The molecule has 128 valence electrons. The lowest BCUT2D eigenvalue weighted by Crippen LogP contribution is -2.50. The van der Waals surface area contributed by atoms with E-state index in [0.717, 1.165) is 24.8 Å². The Kier molecular flexibility index (Phi) is 4.80. The number of nitrogens with zero attached hydrogens (tertiary/aromatic N) is 2. The monoisotopic (exact) mass is 330 g/mol. The minimum atomic E-state index is -0.741. The summed E-state index contributed by atoms with van der Waals surface area (Å²) in [4.78, 5) is 16.2. The largest absolute Gasteiger partial charge is 0.388 e. The molecule has 7 nitrogen and oxygen atoms in total. The number of urea groups is 1. The normalized spacial score (nSPS) is 16.9. The lowest BCUT2D eigenvalue weighted by Gasteiger charge is -2.36. The van der Waals surface area contributed by atoms with Crippen LogP contribution in [-0.2, 0) is 6.42 Å². The molecule has 0 bridgehead atoms. The van der Waals surface area contributed by atoms with Crippen molar-refractivity contribution in [3.8, 4) is 0 Å². The van der Waals surface area contributed by atoms with Gasteiger partial charge in [0.05, 0.1) is 18.1 Å². The van der Waals surface area contributed by atoms with E-state index in [0.29, 0.717) is 18.1 Å². The fourth-order valence-corrected chi connectivity index (χ4v) is 2.60. The Morgan fingerprint density at radius 1 is 1.38 bits per heavy atom. The number of aromatic nitrogens is 2. The third-order valence-electron chi connectivity index (χ3n) is 4.28. The smallest absolute Gasteiger partial charge is 0.315 e. The van der Waals surface area contributed by atoms with Gasteiger partial charge in [0.2, 0.25) is 5.89 Å². The summed E-state index contributed by atoms with van der Waals surface area (Å²) in [6.45, 7) is 2.05. The van der Waals surface area contributed by atoms with Crippen molar-refractivity contribution in [2.75, 3.05) is 6.54 Å². The van der Waals surface area contributed by atoms with E-state index in [1.807, 2.05) is 30.3 Å². The Hall–Kier alpha value is -2.41. The van der Waals surface area contributed by atoms with Gasteiger partial charge in [-0.2, -0.15) is 4.98 Å². The average Bonchev–Trinajstić information content (AvgIpc) is 3.01. The van der Waals surface area contributed by atoms with Crippen LogP contribution in [0.3, 0.4) is 0 Å². The maximum Gasteiger partial charge on any atom is 0.315 e. The summed E-state index contributed by atoms with van der Waals surface area (Å²) in [5, 5.41) is 19.3. The summed E-state index contributed by atoms with van der Waals surface area (Å²) in [6.07, 6.45) is 3.02. The predicted octanol–water partition coefficient (Wildman–Crippen LogP) is 1.94. The first-order chi connectivity index (χ1) is 11.5. The number of amides is 2. The third kappa shape index (κ3) is 4.11. The molecule has 1 heterocycles. The van der Waals surface area contributed by atoms with Gasteiger partial charge in [0.1, 0.15) is 0 Å². The van der Waals surface area contributed by atoms with Crippen LogP contribution in [0.15, 0.2) is 34.9 Å². The molecule has 0 saturated heterocycles. The van der Waals surface area contributed by atoms with Crippen molar-refractivity contribution in [1.29, 1.82) is 0 Å². The molecule has 1 aromatic carbocycles. The second kappa shape index (κ2) is 7.00. The van der Waals surface area contributed by atoms with E-state index in [-0.39, 0.29) is 18.6 Å². The highest BCUT2D eigenvalue weighted by Crippen LogP contribution is 2.30. The van der Waals surface area contributed by atoms with Crippen molar-refractivity contribution in [3.05, 3.63) is 47.6 Å². The number of nitrogens with one attached hydrogen (secondary N) is 2. The Morgan fingerprint density at radius 3 is 2.79 bits per heavy atom. The summed E-state index contributed by atoms with van der Waals surface area (Å²) in [5.41, 5.74) is 0.343. The molecule has 3 rings (SSSR count). The van der Waals surface area contributed by atoms with Crippen LogP contribution in [0, 0.1) is 0 Å². The van der Waals surface area contributed by atoms with Gasteiger partial charge < -0.3 is 20.3 Å². The maximum absolute atomic E-state index is 11.9. The summed E-state index contributed by atoms with van der Waals surface area (Å²) in [7, 11) is 0. The predicted molar refractivity (Wildman–Crippen MR) is 87.3 cm³/mol. The number of carbonyl (C=O) groups excluding carboxylic acids is 1. The van der Waals surface area contributed by atoms with E-state index in [1.54, 1.807) is 6.92 Å². The molecule has 1 fully saturated rings. The molecule has 1 aromatic heterocycles. The molecule has 1 unspecified atom stereocenters. The fraction of sp³-hybridized carbons (Fsp3) is 0.471. The quantitative estimate of drug-likeness (QED) is 0.751. The number of rotatable bonds is 6. The molecule has 2 aromatic rings. The first-order valence-electron chi connectivity index (χ1n) is 8.17. The van der Waals surface area contributed by atoms with Crippen molar-refractivity contribution >= 4 is 6.03 Å². The van der Waals surface area contributed by atoms with Crippen LogP contribution in [-0.4, -0.2) is 33.4 Å². The Morgan fingerprint density at radius 2 is 2.12 bits per heavy atom. The molecule has 0 spiro atoms. The van der Waals surface area contributed by atoms with Crippen LogP contribution in [0.4, 0.5) is 4.79 Å². The van der Waals surface area contributed by atoms with Crippen molar-refractivity contribution in [2.24, 2.45) is 0 Å². The SMILES string of the molecule is CC(NC(=O)NCC1(O)CCC1)c1noc(Cc2ccccc2)n1.